The monoisotopic (exact) mass is 296 g/mol. The van der Waals surface area contributed by atoms with Crippen LogP contribution in [0.5, 0.6) is 0 Å². The zero-order valence-electron chi connectivity index (χ0n) is 14.0. The van der Waals surface area contributed by atoms with Crippen LogP contribution < -0.4 is 5.32 Å². The number of carbonyl (C=O) groups excluding carboxylic acids is 1. The molecular weight excluding hydrogens is 264 g/mol. The van der Waals surface area contributed by atoms with E-state index < -0.39 is 0 Å². The number of rotatable bonds is 5. The number of nitrogens with zero attached hydrogens (tertiary/aromatic N) is 3. The number of piperidine rings is 2. The molecule has 2 aliphatic heterocycles. The summed E-state index contributed by atoms with van der Waals surface area (Å²) in [5.41, 5.74) is 0. The molecule has 0 unspecified atom stereocenters. The summed E-state index contributed by atoms with van der Waals surface area (Å²) in [7, 11) is 3.67. The van der Waals surface area contributed by atoms with Gasteiger partial charge in [-0.15, -0.1) is 0 Å². The zero-order chi connectivity index (χ0) is 15.2. The van der Waals surface area contributed by atoms with E-state index in [1.54, 1.807) is 4.90 Å². The second-order valence-corrected chi connectivity index (χ2v) is 6.71. The molecule has 0 aliphatic carbocycles. The SMILES string of the molecule is CCN1CCC(NC2CCN(CC(=O)N(C)C)CC2)CC1. The summed E-state index contributed by atoms with van der Waals surface area (Å²) in [5, 5.41) is 3.85. The van der Waals surface area contributed by atoms with Crippen LogP contribution in [-0.2, 0) is 4.79 Å². The maximum Gasteiger partial charge on any atom is 0.236 e. The maximum absolute atomic E-state index is 11.7. The van der Waals surface area contributed by atoms with Gasteiger partial charge >= 0.3 is 0 Å². The van der Waals surface area contributed by atoms with Crippen LogP contribution in [-0.4, -0.2) is 86.1 Å². The Morgan fingerprint density at radius 3 is 1.90 bits per heavy atom. The quantitative estimate of drug-likeness (QED) is 0.807. The lowest BCUT2D eigenvalue weighted by Gasteiger charge is -2.37. The lowest BCUT2D eigenvalue weighted by Crippen LogP contribution is -2.50. The average molecular weight is 296 g/mol. The van der Waals surface area contributed by atoms with E-state index in [0.717, 1.165) is 13.1 Å². The summed E-state index contributed by atoms with van der Waals surface area (Å²) in [6.07, 6.45) is 4.92. The van der Waals surface area contributed by atoms with Crippen LogP contribution >= 0.6 is 0 Å². The van der Waals surface area contributed by atoms with Crippen LogP contribution in [0.25, 0.3) is 0 Å². The number of likely N-dealkylation sites (tertiary alicyclic amines) is 2. The fraction of sp³-hybridized carbons (Fsp3) is 0.938. The molecule has 2 saturated heterocycles. The highest BCUT2D eigenvalue weighted by Crippen LogP contribution is 2.15. The van der Waals surface area contributed by atoms with Crippen molar-refractivity contribution >= 4 is 5.91 Å². The minimum Gasteiger partial charge on any atom is -0.348 e. The molecule has 0 atom stereocenters. The van der Waals surface area contributed by atoms with Gasteiger partial charge in [0.05, 0.1) is 6.54 Å². The van der Waals surface area contributed by atoms with Crippen LogP contribution in [0.1, 0.15) is 32.6 Å². The van der Waals surface area contributed by atoms with E-state index in [-0.39, 0.29) is 5.91 Å². The van der Waals surface area contributed by atoms with Gasteiger partial charge in [0.15, 0.2) is 0 Å². The van der Waals surface area contributed by atoms with Gasteiger partial charge in [-0.25, -0.2) is 0 Å². The smallest absolute Gasteiger partial charge is 0.236 e. The van der Waals surface area contributed by atoms with E-state index in [4.69, 9.17) is 0 Å². The van der Waals surface area contributed by atoms with E-state index in [1.807, 2.05) is 14.1 Å². The van der Waals surface area contributed by atoms with Gasteiger partial charge in [-0.1, -0.05) is 6.92 Å². The Bertz CT molecular complexity index is 318. The summed E-state index contributed by atoms with van der Waals surface area (Å²) in [6.45, 7) is 8.59. The first-order valence-corrected chi connectivity index (χ1v) is 8.49. The Kier molecular flexibility index (Phi) is 6.45. The molecule has 2 fully saturated rings. The average Bonchev–Trinajstić information content (AvgIpc) is 2.50. The predicted molar refractivity (Wildman–Crippen MR) is 86.4 cm³/mol. The van der Waals surface area contributed by atoms with Gasteiger partial charge in [0, 0.05) is 39.3 Å². The highest BCUT2D eigenvalue weighted by Gasteiger charge is 2.25. The molecular formula is C16H32N4O. The third-order valence-corrected chi connectivity index (χ3v) is 4.95. The molecule has 2 rings (SSSR count). The molecule has 5 nitrogen and oxygen atoms in total. The highest BCUT2D eigenvalue weighted by atomic mass is 16.2. The van der Waals surface area contributed by atoms with Crippen molar-refractivity contribution in [2.24, 2.45) is 0 Å². The number of hydrogen-bond acceptors (Lipinski definition) is 4. The number of hydrogen-bond donors (Lipinski definition) is 1. The van der Waals surface area contributed by atoms with Crippen molar-refractivity contribution in [3.63, 3.8) is 0 Å². The number of amides is 1. The lowest BCUT2D eigenvalue weighted by atomic mass is 9.99. The molecule has 0 spiro atoms. The summed E-state index contributed by atoms with van der Waals surface area (Å²) in [4.78, 5) is 18.2. The third kappa shape index (κ3) is 5.24. The minimum absolute atomic E-state index is 0.216. The molecule has 0 bridgehead atoms. The topological polar surface area (TPSA) is 38.8 Å². The summed E-state index contributed by atoms with van der Waals surface area (Å²) in [6, 6.07) is 1.35. The maximum atomic E-state index is 11.7. The van der Waals surface area contributed by atoms with Crippen molar-refractivity contribution in [2.75, 3.05) is 53.4 Å². The van der Waals surface area contributed by atoms with Gasteiger partial charge in [-0.3, -0.25) is 9.69 Å². The van der Waals surface area contributed by atoms with Gasteiger partial charge < -0.3 is 15.1 Å². The first kappa shape index (κ1) is 16.7. The molecule has 5 heteroatoms. The third-order valence-electron chi connectivity index (χ3n) is 4.95. The Morgan fingerprint density at radius 2 is 1.48 bits per heavy atom. The van der Waals surface area contributed by atoms with Crippen molar-refractivity contribution in [3.8, 4) is 0 Å². The van der Waals surface area contributed by atoms with E-state index >= 15 is 0 Å². The van der Waals surface area contributed by atoms with Gasteiger partial charge in [-0.2, -0.15) is 0 Å². The van der Waals surface area contributed by atoms with Crippen molar-refractivity contribution in [1.82, 2.24) is 20.0 Å². The lowest BCUT2D eigenvalue weighted by molar-refractivity contribution is -0.130. The molecule has 0 aromatic carbocycles. The second kappa shape index (κ2) is 8.11. The van der Waals surface area contributed by atoms with Crippen molar-refractivity contribution in [2.45, 2.75) is 44.7 Å². The summed E-state index contributed by atoms with van der Waals surface area (Å²) >= 11 is 0. The first-order valence-electron chi connectivity index (χ1n) is 8.49. The molecule has 0 saturated carbocycles. The summed E-state index contributed by atoms with van der Waals surface area (Å²) in [5.74, 6) is 0.216. The van der Waals surface area contributed by atoms with Gasteiger partial charge in [0.1, 0.15) is 0 Å². The van der Waals surface area contributed by atoms with E-state index in [0.29, 0.717) is 18.6 Å². The highest BCUT2D eigenvalue weighted by molar-refractivity contribution is 5.77. The van der Waals surface area contributed by atoms with E-state index in [9.17, 15) is 4.79 Å². The van der Waals surface area contributed by atoms with Crippen molar-refractivity contribution in [1.29, 1.82) is 0 Å². The molecule has 0 radical (unpaired) electrons. The molecule has 122 valence electrons. The zero-order valence-corrected chi connectivity index (χ0v) is 14.0. The fourth-order valence-electron chi connectivity index (χ4n) is 3.34. The van der Waals surface area contributed by atoms with Crippen LogP contribution in [0.2, 0.25) is 0 Å². The van der Waals surface area contributed by atoms with Crippen LogP contribution in [0.3, 0.4) is 0 Å². The number of likely N-dealkylation sites (N-methyl/N-ethyl adjacent to an activating group) is 1. The minimum atomic E-state index is 0.216. The fourth-order valence-corrected chi connectivity index (χ4v) is 3.34. The van der Waals surface area contributed by atoms with Crippen molar-refractivity contribution < 1.29 is 4.79 Å². The summed E-state index contributed by atoms with van der Waals surface area (Å²) < 4.78 is 0. The van der Waals surface area contributed by atoms with Crippen molar-refractivity contribution in [3.05, 3.63) is 0 Å². The second-order valence-electron chi connectivity index (χ2n) is 6.71. The Hall–Kier alpha value is -0.650. The standard InChI is InChI=1S/C16H32N4O/c1-4-19-9-5-14(6-10-19)17-15-7-11-20(12-8-15)13-16(21)18(2)3/h14-15,17H,4-13H2,1-3H3. The molecule has 0 aromatic rings. The van der Waals surface area contributed by atoms with Crippen LogP contribution in [0, 0.1) is 0 Å². The van der Waals surface area contributed by atoms with Gasteiger partial charge in [0.25, 0.3) is 0 Å². The van der Waals surface area contributed by atoms with Crippen LogP contribution in [0.4, 0.5) is 0 Å². The molecule has 2 aliphatic rings. The molecule has 2 heterocycles. The molecule has 21 heavy (non-hydrogen) atoms. The Labute approximate surface area is 129 Å². The van der Waals surface area contributed by atoms with Gasteiger partial charge in [-0.05, 0) is 45.3 Å². The predicted octanol–water partition coefficient (Wildman–Crippen LogP) is 0.613. The first-order chi connectivity index (χ1) is 10.1. The Balaban J connectivity index is 1.64. The normalized spacial score (nSPS) is 23.4. The van der Waals surface area contributed by atoms with E-state index in [1.165, 1.54) is 45.3 Å². The number of carbonyl (C=O) groups is 1. The molecule has 1 N–H and O–H groups in total. The molecule has 1 amide bonds. The van der Waals surface area contributed by atoms with Gasteiger partial charge in [0.2, 0.25) is 5.91 Å². The molecule has 0 aromatic heterocycles. The van der Waals surface area contributed by atoms with E-state index in [2.05, 4.69) is 22.0 Å². The largest absolute Gasteiger partial charge is 0.348 e. The van der Waals surface area contributed by atoms with Crippen LogP contribution in [0.15, 0.2) is 0 Å². The Morgan fingerprint density at radius 1 is 1.00 bits per heavy atom. The number of nitrogens with one attached hydrogen (secondary N) is 1.